The highest BCUT2D eigenvalue weighted by Gasteiger charge is 2.05. The minimum Gasteiger partial charge on any atom is -0.214 e. The van der Waals surface area contributed by atoms with Crippen LogP contribution >= 0.6 is 27.3 Å². The Morgan fingerprint density at radius 2 is 2.31 bits per heavy atom. The third kappa shape index (κ3) is 4.21. The zero-order valence-electron chi connectivity index (χ0n) is 6.86. The fourth-order valence-electron chi connectivity index (χ4n) is 0.823. The summed E-state index contributed by atoms with van der Waals surface area (Å²) in [5.74, 6) is 0. The molecule has 1 aromatic heterocycles. The van der Waals surface area contributed by atoms with Crippen LogP contribution in [0.5, 0.6) is 0 Å². The van der Waals surface area contributed by atoms with Gasteiger partial charge in [0.15, 0.2) is 0 Å². The maximum Gasteiger partial charge on any atom is 0.221 e. The normalized spacial score (nSPS) is 11.8. The predicted molar refractivity (Wildman–Crippen MR) is 58.7 cm³/mol. The number of alkyl halides is 1. The van der Waals surface area contributed by atoms with E-state index >= 15 is 0 Å². The minimum absolute atomic E-state index is 0.0373. The van der Waals surface area contributed by atoms with Crippen LogP contribution in [0.25, 0.3) is 0 Å². The van der Waals surface area contributed by atoms with Gasteiger partial charge in [0.25, 0.3) is 0 Å². The van der Waals surface area contributed by atoms with Crippen molar-refractivity contribution in [2.75, 3.05) is 11.2 Å². The van der Waals surface area contributed by atoms with Crippen LogP contribution in [0.4, 0.5) is 0 Å². The van der Waals surface area contributed by atoms with Gasteiger partial charge in [0.1, 0.15) is 4.66 Å². The lowest BCUT2D eigenvalue weighted by atomic mass is 10.3. The molecule has 0 aliphatic heterocycles. The van der Waals surface area contributed by atoms with Crippen LogP contribution in [0, 0.1) is 0 Å². The molecule has 0 spiro atoms. The van der Waals surface area contributed by atoms with Gasteiger partial charge in [-0.1, -0.05) is 22.0 Å². The van der Waals surface area contributed by atoms with Crippen LogP contribution in [-0.2, 0) is 16.4 Å². The number of hydrogen-bond donors (Lipinski definition) is 1. The Morgan fingerprint density at radius 3 is 2.85 bits per heavy atom. The van der Waals surface area contributed by atoms with Crippen molar-refractivity contribution in [2.45, 2.75) is 6.42 Å². The number of sulfonamides is 1. The van der Waals surface area contributed by atoms with Crippen molar-refractivity contribution in [1.82, 2.24) is 4.72 Å². The summed E-state index contributed by atoms with van der Waals surface area (Å²) >= 11 is 4.54. The first-order valence-electron chi connectivity index (χ1n) is 3.70. The Hall–Kier alpha value is 0.0900. The summed E-state index contributed by atoms with van der Waals surface area (Å²) < 4.78 is 24.4. The molecule has 0 radical (unpaired) electrons. The number of thiophene rings is 1. The molecular formula is C7H10BrNO2S2. The van der Waals surface area contributed by atoms with E-state index in [0.717, 1.165) is 6.42 Å². The molecule has 1 heterocycles. The van der Waals surface area contributed by atoms with Gasteiger partial charge in [0, 0.05) is 11.4 Å². The van der Waals surface area contributed by atoms with E-state index in [1.165, 1.54) is 4.88 Å². The average molecular weight is 284 g/mol. The predicted octanol–water partition coefficient (Wildman–Crippen LogP) is 1.56. The van der Waals surface area contributed by atoms with Gasteiger partial charge < -0.3 is 0 Å². The second-order valence-electron chi connectivity index (χ2n) is 2.45. The third-order valence-electron chi connectivity index (χ3n) is 1.42. The summed E-state index contributed by atoms with van der Waals surface area (Å²) in [6.07, 6.45) is 0.754. The number of halogens is 1. The van der Waals surface area contributed by atoms with Crippen LogP contribution in [0.2, 0.25) is 0 Å². The van der Waals surface area contributed by atoms with Crippen LogP contribution in [-0.4, -0.2) is 19.6 Å². The number of hydrogen-bond acceptors (Lipinski definition) is 3. The molecule has 0 unspecified atom stereocenters. The first kappa shape index (κ1) is 11.2. The fourth-order valence-corrected chi connectivity index (χ4v) is 2.51. The van der Waals surface area contributed by atoms with Crippen LogP contribution < -0.4 is 4.72 Å². The summed E-state index contributed by atoms with van der Waals surface area (Å²) in [5.41, 5.74) is 0. The van der Waals surface area contributed by atoms with Gasteiger partial charge >= 0.3 is 0 Å². The highest BCUT2D eigenvalue weighted by Crippen LogP contribution is 2.08. The molecule has 6 heteroatoms. The van der Waals surface area contributed by atoms with E-state index in [-0.39, 0.29) is 4.66 Å². The molecule has 74 valence electrons. The molecule has 0 amide bonds. The topological polar surface area (TPSA) is 46.2 Å². The fraction of sp³-hybridized carbons (Fsp3) is 0.429. The Labute approximate surface area is 90.3 Å². The van der Waals surface area contributed by atoms with Crippen LogP contribution in [0.1, 0.15) is 4.88 Å². The van der Waals surface area contributed by atoms with Crippen molar-refractivity contribution in [3.63, 3.8) is 0 Å². The molecule has 0 aromatic carbocycles. The van der Waals surface area contributed by atoms with Gasteiger partial charge in [-0.25, -0.2) is 13.1 Å². The molecule has 0 aliphatic rings. The maximum absolute atomic E-state index is 11.0. The standard InChI is InChI=1S/C7H10BrNO2S2/c8-6-13(10,11)9-4-3-7-2-1-5-12-7/h1-2,5,9H,3-4,6H2. The molecule has 1 aromatic rings. The highest BCUT2D eigenvalue weighted by molar-refractivity contribution is 9.10. The van der Waals surface area contributed by atoms with Gasteiger partial charge in [-0.15, -0.1) is 11.3 Å². The van der Waals surface area contributed by atoms with Gasteiger partial charge in [-0.2, -0.15) is 0 Å². The van der Waals surface area contributed by atoms with E-state index in [4.69, 9.17) is 0 Å². The highest BCUT2D eigenvalue weighted by atomic mass is 79.9. The van der Waals surface area contributed by atoms with Crippen molar-refractivity contribution < 1.29 is 8.42 Å². The van der Waals surface area contributed by atoms with Crippen molar-refractivity contribution >= 4 is 37.3 Å². The monoisotopic (exact) mass is 283 g/mol. The van der Waals surface area contributed by atoms with Crippen LogP contribution in [0.3, 0.4) is 0 Å². The molecule has 1 N–H and O–H groups in total. The molecule has 0 atom stereocenters. The van der Waals surface area contributed by atoms with E-state index in [9.17, 15) is 8.42 Å². The van der Waals surface area contributed by atoms with Gasteiger partial charge in [0.05, 0.1) is 0 Å². The number of nitrogens with one attached hydrogen (secondary N) is 1. The molecule has 1 rings (SSSR count). The maximum atomic E-state index is 11.0. The van der Waals surface area contributed by atoms with E-state index in [0.29, 0.717) is 6.54 Å². The molecule has 0 saturated carbocycles. The summed E-state index contributed by atoms with van der Waals surface area (Å²) in [7, 11) is -3.10. The van der Waals surface area contributed by atoms with E-state index in [2.05, 4.69) is 20.7 Å². The molecule has 0 aliphatic carbocycles. The Morgan fingerprint density at radius 1 is 1.54 bits per heavy atom. The van der Waals surface area contributed by atoms with Crippen molar-refractivity contribution in [2.24, 2.45) is 0 Å². The SMILES string of the molecule is O=S(=O)(CBr)NCCc1cccs1. The Kier molecular flexibility index (Phi) is 4.37. The first-order chi connectivity index (χ1) is 6.14. The van der Waals surface area contributed by atoms with Crippen molar-refractivity contribution in [3.05, 3.63) is 22.4 Å². The summed E-state index contributed by atoms with van der Waals surface area (Å²) in [6.45, 7) is 0.467. The van der Waals surface area contributed by atoms with E-state index in [1.54, 1.807) is 11.3 Å². The zero-order valence-corrected chi connectivity index (χ0v) is 10.1. The second-order valence-corrected chi connectivity index (χ2v) is 6.59. The molecular weight excluding hydrogens is 274 g/mol. The zero-order chi connectivity index (χ0) is 9.73. The summed E-state index contributed by atoms with van der Waals surface area (Å²) in [6, 6.07) is 3.95. The molecule has 0 fully saturated rings. The summed E-state index contributed by atoms with van der Waals surface area (Å²) in [4.78, 5) is 1.19. The molecule has 3 nitrogen and oxygen atoms in total. The molecule has 13 heavy (non-hydrogen) atoms. The lowest BCUT2D eigenvalue weighted by Crippen LogP contribution is -2.26. The van der Waals surface area contributed by atoms with Gasteiger partial charge in [-0.3, -0.25) is 0 Å². The average Bonchev–Trinajstić information content (AvgIpc) is 2.57. The third-order valence-corrected chi connectivity index (χ3v) is 5.09. The first-order valence-corrected chi connectivity index (χ1v) is 7.35. The number of rotatable bonds is 5. The lowest BCUT2D eigenvalue weighted by Gasteiger charge is -2.01. The smallest absolute Gasteiger partial charge is 0.214 e. The van der Waals surface area contributed by atoms with Crippen molar-refractivity contribution in [1.29, 1.82) is 0 Å². The van der Waals surface area contributed by atoms with Gasteiger partial charge in [-0.05, 0) is 17.9 Å². The summed E-state index contributed by atoms with van der Waals surface area (Å²) in [5, 5.41) is 1.98. The van der Waals surface area contributed by atoms with Gasteiger partial charge in [0.2, 0.25) is 10.0 Å². The van der Waals surface area contributed by atoms with E-state index < -0.39 is 10.0 Å². The lowest BCUT2D eigenvalue weighted by molar-refractivity contribution is 0.587. The Bertz CT molecular complexity index is 333. The largest absolute Gasteiger partial charge is 0.221 e. The minimum atomic E-state index is -3.10. The molecule has 0 saturated heterocycles. The second kappa shape index (κ2) is 5.09. The molecule has 0 bridgehead atoms. The van der Waals surface area contributed by atoms with E-state index in [1.807, 2.05) is 17.5 Å². The van der Waals surface area contributed by atoms with Crippen LogP contribution in [0.15, 0.2) is 17.5 Å². The van der Waals surface area contributed by atoms with Crippen molar-refractivity contribution in [3.8, 4) is 0 Å². The quantitative estimate of drug-likeness (QED) is 0.834. The Balaban J connectivity index is 2.30.